The Morgan fingerprint density at radius 2 is 2.14 bits per heavy atom. The molecule has 2 atom stereocenters. The number of carbonyl (C=O) groups is 1. The molecule has 0 spiro atoms. The molecular formula is C17H26N4O. The van der Waals surface area contributed by atoms with Gasteiger partial charge in [0.05, 0.1) is 12.5 Å². The molecule has 0 saturated heterocycles. The molecule has 5 heteroatoms. The van der Waals surface area contributed by atoms with Gasteiger partial charge in [0.1, 0.15) is 5.82 Å². The zero-order valence-corrected chi connectivity index (χ0v) is 14.0. The van der Waals surface area contributed by atoms with Crippen LogP contribution in [0.1, 0.15) is 52.2 Å². The summed E-state index contributed by atoms with van der Waals surface area (Å²) >= 11 is 0. The van der Waals surface area contributed by atoms with E-state index >= 15 is 0 Å². The normalized spacial score (nSPS) is 25.3. The summed E-state index contributed by atoms with van der Waals surface area (Å²) in [6, 6.07) is 0. The number of carbonyl (C=O) groups excluding carboxylic acids is 1. The number of nitrogens with zero attached hydrogens (tertiary/aromatic N) is 3. The quantitative estimate of drug-likeness (QED) is 0.869. The van der Waals surface area contributed by atoms with Crippen molar-refractivity contribution in [3.05, 3.63) is 23.3 Å². The summed E-state index contributed by atoms with van der Waals surface area (Å²) in [5.74, 6) is 2.52. The number of amides is 1. The molecule has 1 amide bonds. The van der Waals surface area contributed by atoms with Crippen LogP contribution in [-0.2, 0) is 24.3 Å². The van der Waals surface area contributed by atoms with E-state index in [1.54, 1.807) is 0 Å². The van der Waals surface area contributed by atoms with Gasteiger partial charge in [0.25, 0.3) is 0 Å². The highest BCUT2D eigenvalue weighted by Crippen LogP contribution is 2.59. The molecule has 0 unspecified atom stereocenters. The molecular weight excluding hydrogens is 276 g/mol. The van der Waals surface area contributed by atoms with Crippen molar-refractivity contribution >= 4 is 5.91 Å². The van der Waals surface area contributed by atoms with Crippen LogP contribution in [0.3, 0.4) is 0 Å². The van der Waals surface area contributed by atoms with Gasteiger partial charge < -0.3 is 9.88 Å². The van der Waals surface area contributed by atoms with E-state index in [1.807, 2.05) is 0 Å². The van der Waals surface area contributed by atoms with Gasteiger partial charge in [0.2, 0.25) is 5.91 Å². The minimum absolute atomic E-state index is 0.0611. The Morgan fingerprint density at radius 3 is 2.86 bits per heavy atom. The van der Waals surface area contributed by atoms with E-state index < -0.39 is 0 Å². The maximum absolute atomic E-state index is 12.5. The van der Waals surface area contributed by atoms with E-state index in [4.69, 9.17) is 0 Å². The van der Waals surface area contributed by atoms with Crippen molar-refractivity contribution in [3.8, 4) is 0 Å². The van der Waals surface area contributed by atoms with Crippen LogP contribution >= 0.6 is 0 Å². The fourth-order valence-electron chi connectivity index (χ4n) is 3.62. The van der Waals surface area contributed by atoms with Gasteiger partial charge in [-0.15, -0.1) is 10.2 Å². The average Bonchev–Trinajstić information content (AvgIpc) is 2.83. The van der Waals surface area contributed by atoms with Crippen LogP contribution in [0.15, 0.2) is 11.6 Å². The van der Waals surface area contributed by atoms with Crippen molar-refractivity contribution < 1.29 is 4.79 Å². The Balaban J connectivity index is 1.62. The van der Waals surface area contributed by atoms with Gasteiger partial charge in [-0.1, -0.05) is 25.5 Å². The molecule has 1 N–H and O–H groups in total. The average molecular weight is 302 g/mol. The third-order valence-electron chi connectivity index (χ3n) is 5.06. The van der Waals surface area contributed by atoms with Crippen molar-refractivity contribution in [1.82, 2.24) is 20.1 Å². The highest BCUT2D eigenvalue weighted by Gasteiger charge is 2.60. The lowest BCUT2D eigenvalue weighted by atomic mass is 10.1. The maximum atomic E-state index is 12.5. The molecule has 1 fully saturated rings. The van der Waals surface area contributed by atoms with E-state index in [1.165, 1.54) is 18.4 Å². The van der Waals surface area contributed by atoms with Crippen molar-refractivity contribution in [2.45, 2.75) is 60.0 Å². The highest BCUT2D eigenvalue weighted by molar-refractivity contribution is 5.83. The predicted octanol–water partition coefficient (Wildman–Crippen LogP) is 2.47. The summed E-state index contributed by atoms with van der Waals surface area (Å²) in [5.41, 5.74) is 1.34. The molecule has 120 valence electrons. The third-order valence-corrected chi connectivity index (χ3v) is 5.06. The molecule has 2 heterocycles. The van der Waals surface area contributed by atoms with Crippen LogP contribution in [0.4, 0.5) is 0 Å². The molecule has 1 saturated carbocycles. The van der Waals surface area contributed by atoms with Gasteiger partial charge in [-0.2, -0.15) is 0 Å². The molecule has 1 aliphatic carbocycles. The van der Waals surface area contributed by atoms with Crippen LogP contribution in [0.5, 0.6) is 0 Å². The molecule has 22 heavy (non-hydrogen) atoms. The van der Waals surface area contributed by atoms with E-state index in [-0.39, 0.29) is 17.2 Å². The monoisotopic (exact) mass is 302 g/mol. The summed E-state index contributed by atoms with van der Waals surface area (Å²) in [5, 5.41) is 11.5. The number of rotatable bonds is 4. The summed E-state index contributed by atoms with van der Waals surface area (Å²) < 4.78 is 2.16. The summed E-state index contributed by atoms with van der Waals surface area (Å²) in [7, 11) is 0. The standard InChI is InChI=1S/C17H26N4O/c1-11(2)9-12-15(17(12,3)4)16(22)18-10-14-20-19-13-7-5-6-8-21(13)14/h9,12,15H,5-8,10H2,1-4H3,(H,18,22)/t12-,15-/m0/s1. The number of nitrogens with one attached hydrogen (secondary N) is 1. The van der Waals surface area contributed by atoms with E-state index in [0.717, 1.165) is 24.6 Å². The van der Waals surface area contributed by atoms with Crippen LogP contribution in [0.2, 0.25) is 0 Å². The van der Waals surface area contributed by atoms with Crippen LogP contribution in [-0.4, -0.2) is 20.7 Å². The number of fused-ring (bicyclic) bond motifs is 1. The zero-order valence-electron chi connectivity index (χ0n) is 14.0. The first-order valence-corrected chi connectivity index (χ1v) is 8.25. The molecule has 3 rings (SSSR count). The van der Waals surface area contributed by atoms with Gasteiger partial charge >= 0.3 is 0 Å². The largest absolute Gasteiger partial charge is 0.349 e. The Labute approximate surface area is 132 Å². The van der Waals surface area contributed by atoms with Crippen LogP contribution < -0.4 is 5.32 Å². The lowest BCUT2D eigenvalue weighted by Gasteiger charge is -2.15. The first kappa shape index (κ1) is 15.3. The SMILES string of the molecule is CC(C)=C[C@H]1[C@@H](C(=O)NCc2nnc3n2CCCC3)C1(C)C. The van der Waals surface area contributed by atoms with Crippen LogP contribution in [0.25, 0.3) is 0 Å². The maximum Gasteiger partial charge on any atom is 0.224 e. The minimum Gasteiger partial charge on any atom is -0.349 e. The first-order valence-electron chi connectivity index (χ1n) is 8.25. The summed E-state index contributed by atoms with van der Waals surface area (Å²) in [6.45, 7) is 9.97. The Kier molecular flexibility index (Phi) is 3.83. The fourth-order valence-corrected chi connectivity index (χ4v) is 3.62. The molecule has 1 aliphatic heterocycles. The van der Waals surface area contributed by atoms with Gasteiger partial charge in [-0.3, -0.25) is 4.79 Å². The molecule has 1 aromatic rings. The van der Waals surface area contributed by atoms with Crippen LogP contribution in [0, 0.1) is 17.3 Å². The van der Waals surface area contributed by atoms with Crippen molar-refractivity contribution in [1.29, 1.82) is 0 Å². The van der Waals surface area contributed by atoms with E-state index in [2.05, 4.69) is 53.9 Å². The molecule has 0 bridgehead atoms. The molecule has 0 aromatic carbocycles. The number of aryl methyl sites for hydroxylation is 1. The second-order valence-corrected chi connectivity index (χ2v) is 7.43. The zero-order chi connectivity index (χ0) is 15.9. The smallest absolute Gasteiger partial charge is 0.224 e. The number of hydrogen-bond acceptors (Lipinski definition) is 3. The highest BCUT2D eigenvalue weighted by atomic mass is 16.2. The van der Waals surface area contributed by atoms with Crippen molar-refractivity contribution in [3.63, 3.8) is 0 Å². The fraction of sp³-hybridized carbons (Fsp3) is 0.706. The second-order valence-electron chi connectivity index (χ2n) is 7.43. The third kappa shape index (κ3) is 2.69. The van der Waals surface area contributed by atoms with Gasteiger partial charge in [0, 0.05) is 13.0 Å². The predicted molar refractivity (Wildman–Crippen MR) is 85.0 cm³/mol. The lowest BCUT2D eigenvalue weighted by Crippen LogP contribution is -2.28. The summed E-state index contributed by atoms with van der Waals surface area (Å²) in [6.07, 6.45) is 5.58. The molecule has 5 nitrogen and oxygen atoms in total. The van der Waals surface area contributed by atoms with Gasteiger partial charge in [-0.05, 0) is 38.0 Å². The van der Waals surface area contributed by atoms with Crippen molar-refractivity contribution in [2.24, 2.45) is 17.3 Å². The Bertz CT molecular complexity index is 610. The lowest BCUT2D eigenvalue weighted by molar-refractivity contribution is -0.123. The molecule has 1 aromatic heterocycles. The van der Waals surface area contributed by atoms with E-state index in [0.29, 0.717) is 12.5 Å². The topological polar surface area (TPSA) is 59.8 Å². The second kappa shape index (κ2) is 5.52. The molecule has 0 radical (unpaired) electrons. The number of hydrogen-bond donors (Lipinski definition) is 1. The van der Waals surface area contributed by atoms with Gasteiger partial charge in [-0.25, -0.2) is 0 Å². The number of allylic oxidation sites excluding steroid dienone is 2. The number of aromatic nitrogens is 3. The summed E-state index contributed by atoms with van der Waals surface area (Å²) in [4.78, 5) is 12.5. The van der Waals surface area contributed by atoms with E-state index in [9.17, 15) is 4.79 Å². The minimum atomic E-state index is 0.0611. The Morgan fingerprint density at radius 1 is 1.36 bits per heavy atom. The van der Waals surface area contributed by atoms with Crippen molar-refractivity contribution in [2.75, 3.05) is 0 Å². The Hall–Kier alpha value is -1.65. The molecule has 2 aliphatic rings. The first-order chi connectivity index (χ1) is 10.4. The van der Waals surface area contributed by atoms with Gasteiger partial charge in [0.15, 0.2) is 5.82 Å².